The smallest absolute Gasteiger partial charge is 0.277 e. The van der Waals surface area contributed by atoms with E-state index in [0.29, 0.717) is 19.0 Å². The van der Waals surface area contributed by atoms with Crippen LogP contribution in [-0.4, -0.2) is 34.6 Å². The van der Waals surface area contributed by atoms with Crippen LogP contribution in [0.4, 0.5) is 0 Å². The monoisotopic (exact) mass is 390 g/mol. The van der Waals surface area contributed by atoms with E-state index in [2.05, 4.69) is 39.9 Å². The van der Waals surface area contributed by atoms with Crippen molar-refractivity contribution in [2.75, 3.05) is 13.7 Å². The van der Waals surface area contributed by atoms with Crippen LogP contribution in [0.5, 0.6) is 5.88 Å². The molecule has 0 spiro atoms. The Kier molecular flexibility index (Phi) is 5.60. The Morgan fingerprint density at radius 3 is 2.38 bits per heavy atom. The average molecular weight is 390 g/mol. The SMILES string of the molecule is COc1c(C(=O)NCC2(c3ccccc3)CCCC2)nnn1Cc1ccccc1. The molecule has 0 aliphatic heterocycles. The molecule has 0 radical (unpaired) electrons. The van der Waals surface area contributed by atoms with E-state index in [9.17, 15) is 4.79 Å². The van der Waals surface area contributed by atoms with Crippen molar-refractivity contribution in [3.05, 3.63) is 77.5 Å². The molecule has 0 bridgehead atoms. The quantitative estimate of drug-likeness (QED) is 0.670. The van der Waals surface area contributed by atoms with Crippen LogP contribution < -0.4 is 10.1 Å². The molecule has 1 aliphatic rings. The molecule has 1 fully saturated rings. The highest BCUT2D eigenvalue weighted by atomic mass is 16.5. The van der Waals surface area contributed by atoms with Crippen molar-refractivity contribution in [1.82, 2.24) is 20.3 Å². The van der Waals surface area contributed by atoms with Gasteiger partial charge >= 0.3 is 0 Å². The van der Waals surface area contributed by atoms with Gasteiger partial charge in [0.15, 0.2) is 0 Å². The Labute approximate surface area is 170 Å². The number of benzene rings is 2. The predicted molar refractivity (Wildman–Crippen MR) is 111 cm³/mol. The second-order valence-corrected chi connectivity index (χ2v) is 7.63. The summed E-state index contributed by atoms with van der Waals surface area (Å²) in [6, 6.07) is 20.4. The van der Waals surface area contributed by atoms with Crippen LogP contribution in [-0.2, 0) is 12.0 Å². The predicted octanol–water partition coefficient (Wildman–Crippen LogP) is 3.58. The van der Waals surface area contributed by atoms with Gasteiger partial charge in [-0.1, -0.05) is 78.7 Å². The fourth-order valence-electron chi connectivity index (χ4n) is 4.25. The summed E-state index contributed by atoms with van der Waals surface area (Å²) in [5.41, 5.74) is 2.57. The van der Waals surface area contributed by atoms with Gasteiger partial charge in [-0.25, -0.2) is 4.68 Å². The normalized spacial score (nSPS) is 15.2. The lowest BCUT2D eigenvalue weighted by molar-refractivity contribution is 0.0934. The fraction of sp³-hybridized carbons (Fsp3) is 0.348. The first-order valence-electron chi connectivity index (χ1n) is 10.1. The van der Waals surface area contributed by atoms with Crippen molar-refractivity contribution in [2.24, 2.45) is 0 Å². The minimum Gasteiger partial charge on any atom is -0.479 e. The lowest BCUT2D eigenvalue weighted by atomic mass is 9.79. The summed E-state index contributed by atoms with van der Waals surface area (Å²) in [4.78, 5) is 12.9. The van der Waals surface area contributed by atoms with Crippen molar-refractivity contribution < 1.29 is 9.53 Å². The van der Waals surface area contributed by atoms with E-state index in [4.69, 9.17) is 4.74 Å². The zero-order valence-electron chi connectivity index (χ0n) is 16.7. The van der Waals surface area contributed by atoms with Gasteiger partial charge in [0.25, 0.3) is 5.91 Å². The van der Waals surface area contributed by atoms with Gasteiger partial charge in [-0.15, -0.1) is 5.10 Å². The summed E-state index contributed by atoms with van der Waals surface area (Å²) in [6.45, 7) is 1.09. The van der Waals surface area contributed by atoms with E-state index in [1.165, 1.54) is 18.4 Å². The van der Waals surface area contributed by atoms with Crippen LogP contribution in [0.2, 0.25) is 0 Å². The third-order valence-electron chi connectivity index (χ3n) is 5.81. The van der Waals surface area contributed by atoms with Gasteiger partial charge in [0, 0.05) is 12.0 Å². The lowest BCUT2D eigenvalue weighted by Crippen LogP contribution is -2.39. The number of amides is 1. The number of aromatic nitrogens is 3. The third-order valence-corrected chi connectivity index (χ3v) is 5.81. The van der Waals surface area contributed by atoms with Crippen molar-refractivity contribution in [3.8, 4) is 5.88 Å². The highest BCUT2D eigenvalue weighted by Gasteiger charge is 2.36. The summed E-state index contributed by atoms with van der Waals surface area (Å²) in [5.74, 6) is 0.134. The summed E-state index contributed by atoms with van der Waals surface area (Å²) in [5, 5.41) is 11.3. The van der Waals surface area contributed by atoms with Crippen LogP contribution >= 0.6 is 0 Å². The van der Waals surface area contributed by atoms with E-state index in [1.807, 2.05) is 36.4 Å². The topological polar surface area (TPSA) is 69.0 Å². The second kappa shape index (κ2) is 8.47. The molecule has 6 nitrogen and oxygen atoms in total. The summed E-state index contributed by atoms with van der Waals surface area (Å²) >= 11 is 0. The highest BCUT2D eigenvalue weighted by Crippen LogP contribution is 2.40. The molecule has 150 valence electrons. The highest BCUT2D eigenvalue weighted by molar-refractivity contribution is 5.94. The van der Waals surface area contributed by atoms with Gasteiger partial charge < -0.3 is 10.1 Å². The molecule has 6 heteroatoms. The van der Waals surface area contributed by atoms with Crippen molar-refractivity contribution in [1.29, 1.82) is 0 Å². The Morgan fingerprint density at radius 2 is 1.72 bits per heavy atom. The number of hydrogen-bond acceptors (Lipinski definition) is 4. The number of hydrogen-bond donors (Lipinski definition) is 1. The molecule has 0 unspecified atom stereocenters. The molecule has 1 aliphatic carbocycles. The molecular formula is C23H26N4O2. The van der Waals surface area contributed by atoms with Crippen molar-refractivity contribution >= 4 is 5.91 Å². The number of nitrogens with zero attached hydrogens (tertiary/aromatic N) is 3. The second-order valence-electron chi connectivity index (χ2n) is 7.63. The Bertz CT molecular complexity index is 948. The van der Waals surface area contributed by atoms with Gasteiger partial charge in [0.05, 0.1) is 13.7 Å². The molecule has 4 rings (SSSR count). The number of ether oxygens (including phenoxy) is 1. The molecule has 29 heavy (non-hydrogen) atoms. The van der Waals surface area contributed by atoms with Gasteiger partial charge in [-0.3, -0.25) is 4.79 Å². The van der Waals surface area contributed by atoms with Crippen molar-refractivity contribution in [2.45, 2.75) is 37.6 Å². The number of methoxy groups -OCH3 is 1. The van der Waals surface area contributed by atoms with Crippen LogP contribution in [0.3, 0.4) is 0 Å². The molecule has 0 saturated heterocycles. The van der Waals surface area contributed by atoms with Gasteiger partial charge in [0.1, 0.15) is 0 Å². The lowest BCUT2D eigenvalue weighted by Gasteiger charge is -2.29. The number of nitrogens with one attached hydrogen (secondary N) is 1. The standard InChI is InChI=1S/C23H26N4O2/c1-29-22-20(25-26-27(22)16-18-10-4-2-5-11-18)21(28)24-17-23(14-8-9-15-23)19-12-6-3-7-13-19/h2-7,10-13H,8-9,14-17H2,1H3,(H,24,28). The van der Waals surface area contributed by atoms with Crippen LogP contribution in [0.15, 0.2) is 60.7 Å². The van der Waals surface area contributed by atoms with Gasteiger partial charge in [0.2, 0.25) is 11.6 Å². The van der Waals surface area contributed by atoms with Crippen molar-refractivity contribution in [3.63, 3.8) is 0 Å². The molecular weight excluding hydrogens is 364 g/mol. The summed E-state index contributed by atoms with van der Waals surface area (Å²) < 4.78 is 7.09. The molecule has 1 heterocycles. The first-order valence-corrected chi connectivity index (χ1v) is 10.1. The largest absolute Gasteiger partial charge is 0.479 e. The summed E-state index contributed by atoms with van der Waals surface area (Å²) in [7, 11) is 1.54. The van der Waals surface area contributed by atoms with Gasteiger partial charge in [-0.05, 0) is 24.0 Å². The van der Waals surface area contributed by atoms with Crippen LogP contribution in [0, 0.1) is 0 Å². The Hall–Kier alpha value is -3.15. The van der Waals surface area contributed by atoms with Gasteiger partial charge in [-0.2, -0.15) is 0 Å². The maximum absolute atomic E-state index is 12.9. The molecule has 1 aromatic heterocycles. The maximum Gasteiger partial charge on any atom is 0.277 e. The Morgan fingerprint density at radius 1 is 1.07 bits per heavy atom. The first kappa shape index (κ1) is 19.2. The number of carbonyl (C=O) groups is 1. The van der Waals surface area contributed by atoms with E-state index in [1.54, 1.807) is 11.8 Å². The van der Waals surface area contributed by atoms with Crippen LogP contribution in [0.25, 0.3) is 0 Å². The van der Waals surface area contributed by atoms with E-state index in [0.717, 1.165) is 18.4 Å². The molecule has 1 saturated carbocycles. The van der Waals surface area contributed by atoms with E-state index < -0.39 is 0 Å². The zero-order valence-corrected chi connectivity index (χ0v) is 16.7. The molecule has 0 atom stereocenters. The minimum atomic E-state index is -0.247. The molecule has 1 N–H and O–H groups in total. The summed E-state index contributed by atoms with van der Waals surface area (Å²) in [6.07, 6.45) is 4.52. The Balaban J connectivity index is 1.50. The third kappa shape index (κ3) is 4.01. The molecule has 3 aromatic rings. The first-order chi connectivity index (χ1) is 14.2. The zero-order chi connectivity index (χ0) is 20.1. The van der Waals surface area contributed by atoms with E-state index in [-0.39, 0.29) is 17.0 Å². The molecule has 1 amide bonds. The minimum absolute atomic E-state index is 0.00973. The maximum atomic E-state index is 12.9. The van der Waals surface area contributed by atoms with E-state index >= 15 is 0 Å². The molecule has 2 aromatic carbocycles. The average Bonchev–Trinajstić information content (AvgIpc) is 3.41. The number of rotatable bonds is 7. The van der Waals surface area contributed by atoms with Crippen LogP contribution in [0.1, 0.15) is 47.3 Å². The fourth-order valence-corrected chi connectivity index (χ4v) is 4.25. The number of carbonyl (C=O) groups excluding carboxylic acids is 1.